The van der Waals surface area contributed by atoms with Gasteiger partial charge in [0, 0.05) is 0 Å². The van der Waals surface area contributed by atoms with E-state index in [1.807, 2.05) is 30.3 Å². The molecule has 0 saturated heterocycles. The second kappa shape index (κ2) is 5.92. The van der Waals surface area contributed by atoms with Crippen LogP contribution in [0.1, 0.15) is 11.1 Å². The normalized spacial score (nSPS) is 11.2. The number of nitrogen functional groups attached to an aromatic ring is 1. The molecule has 0 spiro atoms. The van der Waals surface area contributed by atoms with Gasteiger partial charge in [0.2, 0.25) is 10.0 Å². The molecule has 1 heterocycles. The highest BCUT2D eigenvalue weighted by molar-refractivity contribution is 7.92. The molecular formula is C14H17N3O2S. The molecule has 0 fully saturated rings. The molecule has 2 rings (SSSR count). The molecule has 1 aromatic carbocycles. The quantitative estimate of drug-likeness (QED) is 0.881. The maximum atomic E-state index is 12.0. The molecule has 0 bridgehead atoms. The van der Waals surface area contributed by atoms with Crippen molar-refractivity contribution < 1.29 is 8.42 Å². The summed E-state index contributed by atoms with van der Waals surface area (Å²) in [5, 5.41) is 0. The van der Waals surface area contributed by atoms with Crippen LogP contribution in [-0.4, -0.2) is 19.2 Å². The first kappa shape index (κ1) is 14.3. The third kappa shape index (κ3) is 3.96. The molecule has 0 atom stereocenters. The number of hydrogen-bond acceptors (Lipinski definition) is 4. The molecule has 20 heavy (non-hydrogen) atoms. The first-order chi connectivity index (χ1) is 9.46. The van der Waals surface area contributed by atoms with Crippen molar-refractivity contribution in [3.8, 4) is 0 Å². The minimum Gasteiger partial charge on any atom is -0.397 e. The van der Waals surface area contributed by atoms with Crippen molar-refractivity contribution >= 4 is 21.5 Å². The van der Waals surface area contributed by atoms with Crippen molar-refractivity contribution in [1.29, 1.82) is 0 Å². The van der Waals surface area contributed by atoms with Gasteiger partial charge < -0.3 is 5.73 Å². The number of aryl methyl sites for hydroxylation is 2. The minimum absolute atomic E-state index is 0.0160. The summed E-state index contributed by atoms with van der Waals surface area (Å²) in [6.07, 6.45) is 1.91. The molecule has 2 aromatic rings. The summed E-state index contributed by atoms with van der Waals surface area (Å²) >= 11 is 0. The van der Waals surface area contributed by atoms with Crippen molar-refractivity contribution in [3.05, 3.63) is 53.7 Å². The maximum absolute atomic E-state index is 12.0. The fourth-order valence-corrected chi connectivity index (χ4v) is 2.77. The molecule has 6 heteroatoms. The number of pyridine rings is 1. The van der Waals surface area contributed by atoms with E-state index in [1.165, 1.54) is 6.20 Å². The number of rotatable bonds is 5. The lowest BCUT2D eigenvalue weighted by atomic mass is 10.2. The molecule has 0 aliphatic rings. The Morgan fingerprint density at radius 2 is 1.95 bits per heavy atom. The van der Waals surface area contributed by atoms with E-state index < -0.39 is 10.0 Å². The number of sulfonamides is 1. The summed E-state index contributed by atoms with van der Waals surface area (Å²) in [4.78, 5) is 3.96. The van der Waals surface area contributed by atoms with Crippen LogP contribution in [0.2, 0.25) is 0 Å². The van der Waals surface area contributed by atoms with Gasteiger partial charge in [0.25, 0.3) is 0 Å². The Kier molecular flexibility index (Phi) is 4.24. The van der Waals surface area contributed by atoms with Crippen LogP contribution in [0.5, 0.6) is 0 Å². The van der Waals surface area contributed by atoms with Crippen molar-refractivity contribution in [2.45, 2.75) is 13.3 Å². The predicted octanol–water partition coefficient (Wildman–Crippen LogP) is 1.96. The molecule has 106 valence electrons. The van der Waals surface area contributed by atoms with Crippen molar-refractivity contribution in [3.63, 3.8) is 0 Å². The highest BCUT2D eigenvalue weighted by Crippen LogP contribution is 2.14. The molecule has 5 nitrogen and oxygen atoms in total. The van der Waals surface area contributed by atoms with Crippen LogP contribution in [0.3, 0.4) is 0 Å². The van der Waals surface area contributed by atoms with Crippen LogP contribution in [0.25, 0.3) is 0 Å². The van der Waals surface area contributed by atoms with E-state index in [1.54, 1.807) is 13.0 Å². The fraction of sp³-hybridized carbons (Fsp3) is 0.214. The standard InChI is InChI=1S/C14H17N3O2S/c1-11-9-14(16-10-13(11)15)17-20(18,19)8-7-12-5-3-2-4-6-12/h2-6,9-10H,7-8,15H2,1H3,(H,16,17). The fourth-order valence-electron chi connectivity index (χ4n) is 1.73. The topological polar surface area (TPSA) is 85.1 Å². The molecule has 0 unspecified atom stereocenters. The van der Waals surface area contributed by atoms with Crippen LogP contribution >= 0.6 is 0 Å². The summed E-state index contributed by atoms with van der Waals surface area (Å²) in [6, 6.07) is 11.1. The molecular weight excluding hydrogens is 274 g/mol. The zero-order valence-corrected chi connectivity index (χ0v) is 12.0. The molecule has 0 saturated carbocycles. The van der Waals surface area contributed by atoms with Gasteiger partial charge in [-0.15, -0.1) is 0 Å². The van der Waals surface area contributed by atoms with E-state index in [9.17, 15) is 8.42 Å². The Morgan fingerprint density at radius 1 is 1.25 bits per heavy atom. The lowest BCUT2D eigenvalue weighted by Crippen LogP contribution is -2.19. The van der Waals surface area contributed by atoms with Crippen LogP contribution in [0, 0.1) is 6.92 Å². The van der Waals surface area contributed by atoms with Gasteiger partial charge in [0.1, 0.15) is 5.82 Å². The largest absolute Gasteiger partial charge is 0.397 e. The van der Waals surface area contributed by atoms with E-state index in [0.717, 1.165) is 11.1 Å². The predicted molar refractivity (Wildman–Crippen MR) is 80.9 cm³/mol. The molecule has 3 N–H and O–H groups in total. The number of benzene rings is 1. The third-order valence-electron chi connectivity index (χ3n) is 2.91. The zero-order valence-electron chi connectivity index (χ0n) is 11.2. The highest BCUT2D eigenvalue weighted by atomic mass is 32.2. The van der Waals surface area contributed by atoms with Crippen molar-refractivity contribution in [2.24, 2.45) is 0 Å². The Balaban J connectivity index is 2.02. The van der Waals surface area contributed by atoms with Crippen molar-refractivity contribution in [2.75, 3.05) is 16.2 Å². The minimum atomic E-state index is -3.42. The SMILES string of the molecule is Cc1cc(NS(=O)(=O)CCc2ccccc2)ncc1N. The van der Waals surface area contributed by atoms with E-state index in [4.69, 9.17) is 5.73 Å². The van der Waals surface area contributed by atoms with Crippen LogP contribution < -0.4 is 10.5 Å². The van der Waals surface area contributed by atoms with Gasteiger partial charge in [-0.1, -0.05) is 30.3 Å². The summed E-state index contributed by atoms with van der Waals surface area (Å²) in [7, 11) is -3.42. The monoisotopic (exact) mass is 291 g/mol. The van der Waals surface area contributed by atoms with Gasteiger partial charge in [-0.05, 0) is 30.5 Å². The average molecular weight is 291 g/mol. The lowest BCUT2D eigenvalue weighted by Gasteiger charge is -2.08. The summed E-state index contributed by atoms with van der Waals surface area (Å²) in [5.74, 6) is 0.312. The first-order valence-corrected chi connectivity index (χ1v) is 7.88. The molecule has 0 amide bonds. The van der Waals surface area contributed by atoms with Crippen LogP contribution in [0.4, 0.5) is 11.5 Å². The smallest absolute Gasteiger partial charge is 0.234 e. The van der Waals surface area contributed by atoms with Gasteiger partial charge in [0.15, 0.2) is 0 Å². The summed E-state index contributed by atoms with van der Waals surface area (Å²) in [6.45, 7) is 1.80. The zero-order chi connectivity index (χ0) is 14.6. The summed E-state index contributed by atoms with van der Waals surface area (Å²) in [5.41, 5.74) is 7.96. The lowest BCUT2D eigenvalue weighted by molar-refractivity contribution is 0.600. The Bertz CT molecular complexity index is 685. The Labute approximate surface area is 118 Å². The highest BCUT2D eigenvalue weighted by Gasteiger charge is 2.12. The molecule has 0 radical (unpaired) electrons. The molecule has 0 aliphatic carbocycles. The second-order valence-electron chi connectivity index (χ2n) is 4.58. The number of nitrogens with one attached hydrogen (secondary N) is 1. The number of nitrogens with zero attached hydrogens (tertiary/aromatic N) is 1. The number of hydrogen-bond donors (Lipinski definition) is 2. The van der Waals surface area contributed by atoms with Gasteiger partial charge in [-0.2, -0.15) is 0 Å². The van der Waals surface area contributed by atoms with E-state index in [2.05, 4.69) is 9.71 Å². The van der Waals surface area contributed by atoms with Gasteiger partial charge in [-0.25, -0.2) is 13.4 Å². The average Bonchev–Trinajstić information content (AvgIpc) is 2.42. The van der Waals surface area contributed by atoms with E-state index in [0.29, 0.717) is 17.9 Å². The van der Waals surface area contributed by atoms with Gasteiger partial charge >= 0.3 is 0 Å². The molecule has 1 aromatic heterocycles. The second-order valence-corrected chi connectivity index (χ2v) is 6.42. The van der Waals surface area contributed by atoms with E-state index in [-0.39, 0.29) is 5.75 Å². The third-order valence-corrected chi connectivity index (χ3v) is 4.18. The number of nitrogens with two attached hydrogens (primary N) is 1. The van der Waals surface area contributed by atoms with E-state index >= 15 is 0 Å². The number of aromatic nitrogens is 1. The van der Waals surface area contributed by atoms with Crippen LogP contribution in [0.15, 0.2) is 42.6 Å². The summed E-state index contributed by atoms with van der Waals surface area (Å²) < 4.78 is 26.4. The Morgan fingerprint density at radius 3 is 2.60 bits per heavy atom. The maximum Gasteiger partial charge on any atom is 0.234 e. The first-order valence-electron chi connectivity index (χ1n) is 6.23. The van der Waals surface area contributed by atoms with Gasteiger partial charge in [0.05, 0.1) is 17.6 Å². The van der Waals surface area contributed by atoms with Gasteiger partial charge in [-0.3, -0.25) is 4.72 Å². The Hall–Kier alpha value is -2.08. The van der Waals surface area contributed by atoms with Crippen LogP contribution in [-0.2, 0) is 16.4 Å². The number of anilines is 2. The molecule has 0 aliphatic heterocycles. The van der Waals surface area contributed by atoms with Crippen molar-refractivity contribution in [1.82, 2.24) is 4.98 Å².